The van der Waals surface area contributed by atoms with E-state index in [0.29, 0.717) is 18.7 Å². The molecule has 0 aromatic carbocycles. The number of hydrogen-bond acceptors (Lipinski definition) is 23. The number of amides is 2. The quantitative estimate of drug-likeness (QED) is 0.0428. The molecule has 2 aromatic rings. The molecule has 3 rings (SSSR count). The number of carbonyl (C=O) groups excluding carboxylic acids is 3. The standard InChI is InChI=1S/C28H49N8O17P3S/c1-28(2,23(40)26(41)32-10-8-18(37)31-11-12-57-19(38)7-5-3-4-6-9-29)14-50-56(47,48)53-55(45,46)49-13-17-22(52-54(42,43)44)21(39)27(51-17)36-16-35-20-24(30)33-15-34-25(20)36/h15-17,21-23,27,39-40H,3-14,29H2,1-2H3,(H,31,37)(H,32,41)(H,45,46)(H,47,48)(H2,30,33,34)(H2,42,43,44)/p-4/t17-,21-,22-,23+,27-/m1/s1. The molecule has 57 heavy (non-hydrogen) atoms. The molecule has 0 aliphatic carbocycles. The van der Waals surface area contributed by atoms with Gasteiger partial charge in [-0.05, 0) is 19.4 Å². The molecule has 1 aliphatic heterocycles. The van der Waals surface area contributed by atoms with Gasteiger partial charge in [-0.1, -0.05) is 38.5 Å². The summed E-state index contributed by atoms with van der Waals surface area (Å²) in [6.45, 7) is 0.731. The average Bonchev–Trinajstić information content (AvgIpc) is 3.68. The number of nitrogen functional groups attached to an aromatic ring is 1. The van der Waals surface area contributed by atoms with Crippen molar-refractivity contribution in [1.29, 1.82) is 0 Å². The van der Waals surface area contributed by atoms with Crippen molar-refractivity contribution in [3.63, 3.8) is 0 Å². The average molecular weight is 891 g/mol. The molecular weight excluding hydrogens is 845 g/mol. The summed E-state index contributed by atoms with van der Waals surface area (Å²) in [5.41, 5.74) is 9.50. The van der Waals surface area contributed by atoms with Gasteiger partial charge in [0.1, 0.15) is 36.3 Å². The number of anilines is 1. The van der Waals surface area contributed by atoms with E-state index in [4.69, 9.17) is 16.2 Å². The first kappa shape index (κ1) is 48.9. The van der Waals surface area contributed by atoms with Crippen molar-refractivity contribution in [3.8, 4) is 0 Å². The van der Waals surface area contributed by atoms with Crippen molar-refractivity contribution < 1.29 is 80.5 Å². The van der Waals surface area contributed by atoms with E-state index in [-0.39, 0.29) is 41.6 Å². The lowest BCUT2D eigenvalue weighted by molar-refractivity contribution is -0.347. The number of nitrogens with zero attached hydrogens (tertiary/aromatic N) is 4. The molecular formula is C28H45N8O17P3S-4. The first-order valence-corrected chi connectivity index (χ1v) is 22.6. The fourth-order valence-electron chi connectivity index (χ4n) is 5.11. The molecule has 0 bridgehead atoms. The number of aliphatic hydroxyl groups excluding tert-OH is 2. The number of thioether (sulfide) groups is 1. The summed E-state index contributed by atoms with van der Waals surface area (Å²) in [5.74, 6) is -1.18. The number of phosphoric ester groups is 3. The van der Waals surface area contributed by atoms with Gasteiger partial charge < -0.3 is 74.8 Å². The van der Waals surface area contributed by atoms with E-state index in [1.165, 1.54) is 13.8 Å². The fraction of sp³-hybridized carbons (Fsp3) is 0.714. The molecule has 2 amide bonds. The van der Waals surface area contributed by atoms with Crippen molar-refractivity contribution in [1.82, 2.24) is 30.2 Å². The van der Waals surface area contributed by atoms with E-state index in [9.17, 15) is 57.9 Å². The molecule has 0 saturated carbocycles. The maximum atomic E-state index is 12.5. The Morgan fingerprint density at radius 1 is 1.02 bits per heavy atom. The SMILES string of the molecule is CC(C)(COP(=O)([O-])OP(=O)([O-])OC[C@H]1O[C@@H](n2cnc3c(N)ncnc32)[C@H](O)[C@@H]1OP(=O)([O-])[O-])[C@@H](O)C(=O)NCCC(=O)NCCSC(=O)CCCCCCN. The van der Waals surface area contributed by atoms with Crippen LogP contribution in [-0.2, 0) is 50.7 Å². The molecule has 3 heterocycles. The lowest BCUT2D eigenvalue weighted by atomic mass is 9.87. The van der Waals surface area contributed by atoms with Crippen LogP contribution in [0.25, 0.3) is 11.2 Å². The van der Waals surface area contributed by atoms with Gasteiger partial charge in [-0.15, -0.1) is 0 Å². The molecule has 1 aliphatic rings. The zero-order chi connectivity index (χ0) is 42.6. The summed E-state index contributed by atoms with van der Waals surface area (Å²) in [5, 5.41) is 26.2. The molecule has 1 saturated heterocycles. The summed E-state index contributed by atoms with van der Waals surface area (Å²) < 4.78 is 60.5. The zero-order valence-electron chi connectivity index (χ0n) is 30.7. The molecule has 1 fully saturated rings. The number of nitrogens with one attached hydrogen (secondary N) is 2. The van der Waals surface area contributed by atoms with Gasteiger partial charge in [0, 0.05) is 37.1 Å². The molecule has 25 nitrogen and oxygen atoms in total. The normalized spacial score (nSPS) is 21.5. The van der Waals surface area contributed by atoms with Crippen LogP contribution in [0.4, 0.5) is 5.82 Å². The van der Waals surface area contributed by atoms with Gasteiger partial charge in [0.15, 0.2) is 22.8 Å². The summed E-state index contributed by atoms with van der Waals surface area (Å²) in [6, 6.07) is 0. The number of carbonyl (C=O) groups is 3. The molecule has 0 radical (unpaired) electrons. The Hall–Kier alpha value is -2.48. The molecule has 2 unspecified atom stereocenters. The Labute approximate surface area is 330 Å². The Bertz CT molecular complexity index is 1820. The van der Waals surface area contributed by atoms with E-state index in [1.807, 2.05) is 0 Å². The lowest BCUT2D eigenvalue weighted by Crippen LogP contribution is -2.46. The minimum absolute atomic E-state index is 0.0117. The van der Waals surface area contributed by atoms with Gasteiger partial charge in [-0.2, -0.15) is 0 Å². The van der Waals surface area contributed by atoms with E-state index < -0.39 is 84.6 Å². The predicted molar refractivity (Wildman–Crippen MR) is 190 cm³/mol. The largest absolute Gasteiger partial charge is 0.790 e. The van der Waals surface area contributed by atoms with Crippen LogP contribution in [0.15, 0.2) is 12.7 Å². The Morgan fingerprint density at radius 3 is 2.39 bits per heavy atom. The van der Waals surface area contributed by atoms with Crippen molar-refractivity contribution in [2.24, 2.45) is 11.1 Å². The molecule has 324 valence electrons. The number of ether oxygens (including phenoxy) is 1. The number of nitrogens with two attached hydrogens (primary N) is 2. The number of unbranched alkanes of at least 4 members (excludes halogenated alkanes) is 3. The van der Waals surface area contributed by atoms with Gasteiger partial charge in [-0.25, -0.2) is 19.3 Å². The van der Waals surface area contributed by atoms with Crippen LogP contribution < -0.4 is 41.7 Å². The third-order valence-electron chi connectivity index (χ3n) is 8.08. The predicted octanol–water partition coefficient (Wildman–Crippen LogP) is -2.95. The number of aliphatic hydroxyl groups is 2. The Balaban J connectivity index is 1.45. The van der Waals surface area contributed by atoms with Crippen molar-refractivity contribution in [2.75, 3.05) is 44.3 Å². The Kier molecular flexibility index (Phi) is 18.6. The smallest absolute Gasteiger partial charge is 0.274 e. The Morgan fingerprint density at radius 2 is 1.70 bits per heavy atom. The zero-order valence-corrected chi connectivity index (χ0v) is 34.2. The second-order valence-electron chi connectivity index (χ2n) is 13.2. The van der Waals surface area contributed by atoms with Gasteiger partial charge in [0.2, 0.25) is 11.8 Å². The van der Waals surface area contributed by atoms with Crippen molar-refractivity contribution in [2.45, 2.75) is 83.0 Å². The lowest BCUT2D eigenvalue weighted by Gasteiger charge is -2.36. The van der Waals surface area contributed by atoms with Gasteiger partial charge in [-0.3, -0.25) is 28.1 Å². The molecule has 29 heteroatoms. The van der Waals surface area contributed by atoms with E-state index in [2.05, 4.69) is 43.5 Å². The summed E-state index contributed by atoms with van der Waals surface area (Å²) in [6.07, 6.45) is -3.60. The molecule has 7 atom stereocenters. The number of aromatic nitrogens is 4. The maximum Gasteiger partial charge on any atom is 0.274 e. The highest BCUT2D eigenvalue weighted by Gasteiger charge is 2.47. The van der Waals surface area contributed by atoms with Crippen LogP contribution >= 0.6 is 35.2 Å². The molecule has 8 N–H and O–H groups in total. The number of imidazole rings is 1. The fourth-order valence-corrected chi connectivity index (χ4v) is 8.57. The summed E-state index contributed by atoms with van der Waals surface area (Å²) in [7, 11) is -17.6. The van der Waals surface area contributed by atoms with Crippen LogP contribution in [0, 0.1) is 5.41 Å². The number of rotatable bonds is 25. The van der Waals surface area contributed by atoms with Crippen LogP contribution in [0.1, 0.15) is 58.6 Å². The van der Waals surface area contributed by atoms with Gasteiger partial charge in [0.25, 0.3) is 15.6 Å². The van der Waals surface area contributed by atoms with Crippen LogP contribution in [-0.4, -0.2) is 110 Å². The van der Waals surface area contributed by atoms with E-state index in [0.717, 1.165) is 54.7 Å². The highest BCUT2D eigenvalue weighted by molar-refractivity contribution is 8.13. The third-order valence-corrected chi connectivity index (χ3v) is 12.0. The summed E-state index contributed by atoms with van der Waals surface area (Å²) >= 11 is 1.10. The topological polar surface area (TPSA) is 401 Å². The van der Waals surface area contributed by atoms with E-state index >= 15 is 0 Å². The van der Waals surface area contributed by atoms with Crippen LogP contribution in [0.2, 0.25) is 0 Å². The summed E-state index contributed by atoms with van der Waals surface area (Å²) in [4.78, 5) is 96.0. The van der Waals surface area contributed by atoms with Crippen molar-refractivity contribution >= 4 is 69.1 Å². The highest BCUT2D eigenvalue weighted by atomic mass is 32.2. The van der Waals surface area contributed by atoms with Crippen LogP contribution in [0.5, 0.6) is 0 Å². The minimum Gasteiger partial charge on any atom is -0.790 e. The van der Waals surface area contributed by atoms with Crippen LogP contribution in [0.3, 0.4) is 0 Å². The minimum atomic E-state index is -5.91. The second kappa shape index (κ2) is 21.7. The maximum absolute atomic E-state index is 12.5. The molecule has 0 spiro atoms. The van der Waals surface area contributed by atoms with Gasteiger partial charge in [0.05, 0.1) is 27.4 Å². The monoisotopic (exact) mass is 890 g/mol. The van der Waals surface area contributed by atoms with Crippen molar-refractivity contribution in [3.05, 3.63) is 12.7 Å². The first-order chi connectivity index (χ1) is 26.6. The first-order valence-electron chi connectivity index (χ1n) is 17.2. The van der Waals surface area contributed by atoms with E-state index in [1.54, 1.807) is 0 Å². The number of hydrogen-bond donors (Lipinski definition) is 6. The molecule has 2 aromatic heterocycles. The van der Waals surface area contributed by atoms with Gasteiger partial charge >= 0.3 is 0 Å². The second-order valence-corrected chi connectivity index (χ2v) is 18.4. The third kappa shape index (κ3) is 15.9. The number of fused-ring (bicyclic) bond motifs is 1. The number of phosphoric acid groups is 3. The highest BCUT2D eigenvalue weighted by Crippen LogP contribution is 2.56.